The summed E-state index contributed by atoms with van der Waals surface area (Å²) in [5.74, 6) is 2.32. The Balaban J connectivity index is 2.24. The fourth-order valence-corrected chi connectivity index (χ4v) is 3.54. The number of hydrogen-bond acceptors (Lipinski definition) is 1. The van der Waals surface area contributed by atoms with Crippen LogP contribution < -0.4 is 0 Å². The lowest BCUT2D eigenvalue weighted by Crippen LogP contribution is -2.23. The SMILES string of the molecule is CC1=C2[C@@H](/C=C(\C)CO)CC[C@H](C)[C@H]2CC1. The largest absolute Gasteiger partial charge is 0.392 e. The van der Waals surface area contributed by atoms with Crippen LogP contribution in [0.15, 0.2) is 22.8 Å². The molecule has 0 heterocycles. The maximum atomic E-state index is 9.14. The van der Waals surface area contributed by atoms with Crippen LogP contribution in [0, 0.1) is 17.8 Å². The average molecular weight is 220 g/mol. The van der Waals surface area contributed by atoms with Crippen molar-refractivity contribution in [1.29, 1.82) is 0 Å². The van der Waals surface area contributed by atoms with Gasteiger partial charge in [0.05, 0.1) is 6.61 Å². The second-order valence-electron chi connectivity index (χ2n) is 5.71. The van der Waals surface area contributed by atoms with Gasteiger partial charge in [0.25, 0.3) is 0 Å². The van der Waals surface area contributed by atoms with Crippen molar-refractivity contribution in [3.05, 3.63) is 22.8 Å². The highest BCUT2D eigenvalue weighted by atomic mass is 16.3. The van der Waals surface area contributed by atoms with Crippen LogP contribution in [0.1, 0.15) is 46.5 Å². The van der Waals surface area contributed by atoms with Gasteiger partial charge in [0.1, 0.15) is 0 Å². The molecule has 0 unspecified atom stereocenters. The van der Waals surface area contributed by atoms with Crippen molar-refractivity contribution in [2.75, 3.05) is 6.61 Å². The first-order chi connectivity index (χ1) is 7.63. The van der Waals surface area contributed by atoms with Gasteiger partial charge in [-0.3, -0.25) is 0 Å². The van der Waals surface area contributed by atoms with Crippen LogP contribution in [-0.4, -0.2) is 11.7 Å². The summed E-state index contributed by atoms with van der Waals surface area (Å²) in [5, 5.41) is 9.14. The number of rotatable bonds is 2. The van der Waals surface area contributed by atoms with Crippen LogP contribution in [-0.2, 0) is 0 Å². The molecule has 1 fully saturated rings. The maximum absolute atomic E-state index is 9.14. The summed E-state index contributed by atoms with van der Waals surface area (Å²) in [4.78, 5) is 0. The molecule has 90 valence electrons. The molecule has 1 saturated carbocycles. The van der Waals surface area contributed by atoms with Gasteiger partial charge in [-0.15, -0.1) is 0 Å². The molecule has 0 spiro atoms. The van der Waals surface area contributed by atoms with E-state index >= 15 is 0 Å². The number of aliphatic hydroxyl groups is 1. The van der Waals surface area contributed by atoms with Gasteiger partial charge in [-0.05, 0) is 57.3 Å². The molecular formula is C15H24O. The van der Waals surface area contributed by atoms with Crippen molar-refractivity contribution in [3.8, 4) is 0 Å². The van der Waals surface area contributed by atoms with E-state index in [0.29, 0.717) is 5.92 Å². The smallest absolute Gasteiger partial charge is 0.0639 e. The molecule has 0 aromatic carbocycles. The normalized spacial score (nSPS) is 35.5. The molecule has 1 heteroatoms. The summed E-state index contributed by atoms with van der Waals surface area (Å²) in [6.07, 6.45) is 7.60. The van der Waals surface area contributed by atoms with Gasteiger partial charge < -0.3 is 5.11 Å². The molecule has 0 amide bonds. The lowest BCUT2D eigenvalue weighted by molar-refractivity contribution is 0.296. The highest BCUT2D eigenvalue weighted by Gasteiger charge is 2.35. The minimum Gasteiger partial charge on any atom is -0.392 e. The standard InChI is InChI=1S/C15H24O/c1-10(9-16)8-13-6-4-11(2)14-7-5-12(3)15(13)14/h8,11,13-14,16H,4-7,9H2,1-3H3/b10-8+/t11-,13+,14+/m0/s1. The van der Waals surface area contributed by atoms with Crippen LogP contribution in [0.5, 0.6) is 0 Å². The highest BCUT2D eigenvalue weighted by molar-refractivity contribution is 5.30. The number of aliphatic hydroxyl groups excluding tert-OH is 1. The van der Waals surface area contributed by atoms with Gasteiger partial charge >= 0.3 is 0 Å². The van der Waals surface area contributed by atoms with Crippen LogP contribution in [0.3, 0.4) is 0 Å². The third-order valence-electron chi connectivity index (χ3n) is 4.48. The quantitative estimate of drug-likeness (QED) is 0.704. The third kappa shape index (κ3) is 2.10. The molecule has 0 radical (unpaired) electrons. The molecular weight excluding hydrogens is 196 g/mol. The molecule has 16 heavy (non-hydrogen) atoms. The van der Waals surface area contributed by atoms with Crippen LogP contribution in [0.25, 0.3) is 0 Å². The molecule has 0 aromatic rings. The monoisotopic (exact) mass is 220 g/mol. The van der Waals surface area contributed by atoms with Crippen molar-refractivity contribution in [3.63, 3.8) is 0 Å². The van der Waals surface area contributed by atoms with Crippen molar-refractivity contribution in [1.82, 2.24) is 0 Å². The average Bonchev–Trinajstić information content (AvgIpc) is 2.66. The first-order valence-corrected chi connectivity index (χ1v) is 6.61. The molecule has 0 saturated heterocycles. The van der Waals surface area contributed by atoms with E-state index in [1.807, 2.05) is 6.92 Å². The molecule has 2 rings (SSSR count). The summed E-state index contributed by atoms with van der Waals surface area (Å²) >= 11 is 0. The second-order valence-corrected chi connectivity index (χ2v) is 5.71. The zero-order valence-corrected chi connectivity index (χ0v) is 10.8. The molecule has 0 aromatic heterocycles. The van der Waals surface area contributed by atoms with E-state index in [4.69, 9.17) is 5.11 Å². The first-order valence-electron chi connectivity index (χ1n) is 6.61. The summed E-state index contributed by atoms with van der Waals surface area (Å²) in [6.45, 7) is 6.96. The molecule has 0 bridgehead atoms. The van der Waals surface area contributed by atoms with Gasteiger partial charge in [-0.2, -0.15) is 0 Å². The maximum Gasteiger partial charge on any atom is 0.0639 e. The van der Waals surface area contributed by atoms with Crippen molar-refractivity contribution in [2.45, 2.75) is 46.5 Å². The summed E-state index contributed by atoms with van der Waals surface area (Å²) in [7, 11) is 0. The van der Waals surface area contributed by atoms with E-state index in [1.54, 1.807) is 11.1 Å². The lowest BCUT2D eigenvalue weighted by Gasteiger charge is -2.34. The number of hydrogen-bond donors (Lipinski definition) is 1. The van der Waals surface area contributed by atoms with E-state index < -0.39 is 0 Å². The van der Waals surface area contributed by atoms with Gasteiger partial charge in [0.2, 0.25) is 0 Å². The van der Waals surface area contributed by atoms with E-state index in [0.717, 1.165) is 17.4 Å². The summed E-state index contributed by atoms with van der Waals surface area (Å²) in [6, 6.07) is 0. The predicted molar refractivity (Wildman–Crippen MR) is 68.2 cm³/mol. The Labute approximate surface area is 99.3 Å². The van der Waals surface area contributed by atoms with Crippen LogP contribution >= 0.6 is 0 Å². The minimum atomic E-state index is 0.211. The molecule has 2 aliphatic carbocycles. The highest BCUT2D eigenvalue weighted by Crippen LogP contribution is 2.48. The zero-order chi connectivity index (χ0) is 11.7. The Morgan fingerprint density at radius 1 is 1.38 bits per heavy atom. The zero-order valence-electron chi connectivity index (χ0n) is 10.8. The Bertz CT molecular complexity index is 324. The Kier molecular flexibility index (Phi) is 3.53. The lowest BCUT2D eigenvalue weighted by atomic mass is 9.71. The third-order valence-corrected chi connectivity index (χ3v) is 4.48. The van der Waals surface area contributed by atoms with Gasteiger partial charge in [-0.25, -0.2) is 0 Å². The fourth-order valence-electron chi connectivity index (χ4n) is 3.54. The molecule has 1 N–H and O–H groups in total. The topological polar surface area (TPSA) is 20.2 Å². The molecule has 2 aliphatic rings. The minimum absolute atomic E-state index is 0.211. The van der Waals surface area contributed by atoms with E-state index in [-0.39, 0.29) is 6.61 Å². The first kappa shape index (κ1) is 11.9. The van der Waals surface area contributed by atoms with Crippen molar-refractivity contribution < 1.29 is 5.11 Å². The van der Waals surface area contributed by atoms with Gasteiger partial charge in [0.15, 0.2) is 0 Å². The summed E-state index contributed by atoms with van der Waals surface area (Å²) < 4.78 is 0. The van der Waals surface area contributed by atoms with E-state index in [1.165, 1.54) is 25.7 Å². The molecule has 1 nitrogen and oxygen atoms in total. The van der Waals surface area contributed by atoms with Gasteiger partial charge in [0, 0.05) is 0 Å². The number of fused-ring (bicyclic) bond motifs is 1. The summed E-state index contributed by atoms with van der Waals surface area (Å²) in [5.41, 5.74) is 4.47. The van der Waals surface area contributed by atoms with Crippen molar-refractivity contribution in [2.24, 2.45) is 17.8 Å². The Morgan fingerprint density at radius 3 is 2.81 bits per heavy atom. The number of allylic oxidation sites excluding steroid dienone is 3. The Morgan fingerprint density at radius 2 is 2.12 bits per heavy atom. The fraction of sp³-hybridized carbons (Fsp3) is 0.733. The molecule has 3 atom stereocenters. The Hall–Kier alpha value is -0.560. The molecule has 0 aliphatic heterocycles. The van der Waals surface area contributed by atoms with Gasteiger partial charge in [-0.1, -0.05) is 29.7 Å². The van der Waals surface area contributed by atoms with E-state index in [2.05, 4.69) is 19.9 Å². The second kappa shape index (κ2) is 4.75. The van der Waals surface area contributed by atoms with E-state index in [9.17, 15) is 0 Å². The van der Waals surface area contributed by atoms with Crippen LogP contribution in [0.4, 0.5) is 0 Å². The van der Waals surface area contributed by atoms with Crippen LogP contribution in [0.2, 0.25) is 0 Å². The predicted octanol–water partition coefficient (Wildman–Crippen LogP) is 3.70. The van der Waals surface area contributed by atoms with Crippen molar-refractivity contribution >= 4 is 0 Å².